The van der Waals surface area contributed by atoms with Gasteiger partial charge in [-0.25, -0.2) is 13.1 Å². The van der Waals surface area contributed by atoms with E-state index in [-0.39, 0.29) is 12.6 Å². The van der Waals surface area contributed by atoms with Gasteiger partial charge in [0.2, 0.25) is 10.0 Å². The van der Waals surface area contributed by atoms with Crippen molar-refractivity contribution < 1.29 is 13.2 Å². The summed E-state index contributed by atoms with van der Waals surface area (Å²) in [7, 11) is -3.63. The van der Waals surface area contributed by atoms with Crippen LogP contribution in [0.2, 0.25) is 0 Å². The maximum Gasteiger partial charge on any atom is 0.241 e. The van der Waals surface area contributed by atoms with Crippen LogP contribution in [-0.4, -0.2) is 52.2 Å². The molecule has 2 aromatic rings. The highest BCUT2D eigenvalue weighted by molar-refractivity contribution is 7.89. The smallest absolute Gasteiger partial charge is 0.241 e. The van der Waals surface area contributed by atoms with Crippen LogP contribution < -0.4 is 4.72 Å². The van der Waals surface area contributed by atoms with E-state index in [1.165, 1.54) is 0 Å². The molecular formula is C21H28N2O3S. The largest absolute Gasteiger partial charge is 0.374 e. The van der Waals surface area contributed by atoms with Gasteiger partial charge in [0.25, 0.3) is 0 Å². The highest BCUT2D eigenvalue weighted by Gasteiger charge is 2.24. The topological polar surface area (TPSA) is 58.6 Å². The molecule has 1 saturated heterocycles. The second-order valence-electron chi connectivity index (χ2n) is 7.36. The van der Waals surface area contributed by atoms with Gasteiger partial charge < -0.3 is 4.74 Å². The van der Waals surface area contributed by atoms with Gasteiger partial charge in [-0.3, -0.25) is 4.90 Å². The van der Waals surface area contributed by atoms with Crippen molar-refractivity contribution in [3.05, 3.63) is 54.6 Å². The molecule has 0 aliphatic carbocycles. The Kier molecular flexibility index (Phi) is 6.65. The lowest BCUT2D eigenvalue weighted by Gasteiger charge is -2.33. The third kappa shape index (κ3) is 5.39. The van der Waals surface area contributed by atoms with Gasteiger partial charge in [-0.1, -0.05) is 62.4 Å². The second kappa shape index (κ2) is 8.97. The van der Waals surface area contributed by atoms with Gasteiger partial charge >= 0.3 is 0 Å². The second-order valence-corrected chi connectivity index (χ2v) is 9.10. The molecule has 1 aliphatic heterocycles. The Bertz CT molecular complexity index is 838. The van der Waals surface area contributed by atoms with E-state index in [1.807, 2.05) is 42.5 Å². The van der Waals surface area contributed by atoms with Crippen LogP contribution in [0.15, 0.2) is 59.5 Å². The molecule has 1 fully saturated rings. The Balaban J connectivity index is 1.71. The molecule has 0 amide bonds. The molecule has 6 heteroatoms. The molecular weight excluding hydrogens is 360 g/mol. The van der Waals surface area contributed by atoms with Crippen molar-refractivity contribution >= 4 is 10.0 Å². The van der Waals surface area contributed by atoms with Gasteiger partial charge in [0, 0.05) is 31.7 Å². The first kappa shape index (κ1) is 20.0. The molecule has 1 atom stereocenters. The minimum atomic E-state index is -3.63. The minimum Gasteiger partial charge on any atom is -0.374 e. The summed E-state index contributed by atoms with van der Waals surface area (Å²) >= 11 is 0. The van der Waals surface area contributed by atoms with Crippen molar-refractivity contribution in [1.29, 1.82) is 0 Å². The molecule has 27 heavy (non-hydrogen) atoms. The molecule has 0 saturated carbocycles. The molecule has 1 unspecified atom stereocenters. The Morgan fingerprint density at radius 3 is 2.56 bits per heavy atom. The number of hydrogen-bond acceptors (Lipinski definition) is 4. The summed E-state index contributed by atoms with van der Waals surface area (Å²) in [5, 5.41) is 0. The Labute approximate surface area is 162 Å². The summed E-state index contributed by atoms with van der Waals surface area (Å²) in [4.78, 5) is 2.64. The summed E-state index contributed by atoms with van der Waals surface area (Å²) in [5.74, 6) is 0.582. The molecule has 0 spiro atoms. The van der Waals surface area contributed by atoms with E-state index in [2.05, 4.69) is 23.5 Å². The number of nitrogens with zero attached hydrogens (tertiary/aromatic N) is 1. The Morgan fingerprint density at radius 1 is 1.11 bits per heavy atom. The molecule has 5 nitrogen and oxygen atoms in total. The fourth-order valence-electron chi connectivity index (χ4n) is 3.42. The number of ether oxygens (including phenoxy) is 1. The van der Waals surface area contributed by atoms with Gasteiger partial charge in [0.15, 0.2) is 0 Å². The lowest BCUT2D eigenvalue weighted by Crippen LogP contribution is -2.48. The molecule has 146 valence electrons. The van der Waals surface area contributed by atoms with Crippen molar-refractivity contribution in [2.45, 2.75) is 24.8 Å². The van der Waals surface area contributed by atoms with Gasteiger partial charge in [0.1, 0.15) is 0 Å². The summed E-state index contributed by atoms with van der Waals surface area (Å²) in [6.07, 6.45) is -0.129. The first-order valence-electron chi connectivity index (χ1n) is 9.44. The van der Waals surface area contributed by atoms with Gasteiger partial charge in [-0.05, 0) is 17.5 Å². The monoisotopic (exact) mass is 388 g/mol. The zero-order chi connectivity index (χ0) is 19.3. The van der Waals surface area contributed by atoms with E-state index in [9.17, 15) is 8.42 Å². The van der Waals surface area contributed by atoms with Crippen LogP contribution >= 0.6 is 0 Å². The molecule has 1 N–H and O–H groups in total. The van der Waals surface area contributed by atoms with Crippen LogP contribution in [-0.2, 0) is 14.8 Å². The summed E-state index contributed by atoms with van der Waals surface area (Å²) < 4.78 is 34.4. The Hall–Kier alpha value is -1.73. The van der Waals surface area contributed by atoms with Crippen LogP contribution in [0.1, 0.15) is 13.8 Å². The van der Waals surface area contributed by atoms with E-state index in [0.29, 0.717) is 23.0 Å². The zero-order valence-electron chi connectivity index (χ0n) is 16.0. The number of morpholine rings is 1. The molecule has 0 bridgehead atoms. The van der Waals surface area contributed by atoms with E-state index in [4.69, 9.17) is 4.74 Å². The SMILES string of the molecule is CC(C)CN1CCOC(CNS(=O)(=O)c2ccccc2-c2ccccc2)C1. The molecule has 3 rings (SSSR count). The first-order valence-corrected chi connectivity index (χ1v) is 10.9. The van der Waals surface area contributed by atoms with E-state index < -0.39 is 10.0 Å². The predicted molar refractivity (Wildman–Crippen MR) is 108 cm³/mol. The molecule has 1 aliphatic rings. The fraction of sp³-hybridized carbons (Fsp3) is 0.429. The van der Waals surface area contributed by atoms with Crippen LogP contribution in [0.3, 0.4) is 0 Å². The quantitative estimate of drug-likeness (QED) is 0.792. The molecule has 0 aromatic heterocycles. The molecule has 0 radical (unpaired) electrons. The summed E-state index contributed by atoms with van der Waals surface area (Å²) in [6, 6.07) is 16.7. The van der Waals surface area contributed by atoms with Crippen LogP contribution in [0.5, 0.6) is 0 Å². The average molecular weight is 389 g/mol. The normalized spacial score (nSPS) is 18.7. The van der Waals surface area contributed by atoms with E-state index in [1.54, 1.807) is 12.1 Å². The summed E-state index contributed by atoms with van der Waals surface area (Å²) in [6.45, 7) is 7.95. The number of sulfonamides is 1. The van der Waals surface area contributed by atoms with Crippen molar-refractivity contribution in [3.8, 4) is 11.1 Å². The maximum atomic E-state index is 12.9. The number of nitrogens with one attached hydrogen (secondary N) is 1. The predicted octanol–water partition coefficient (Wildman–Crippen LogP) is 2.99. The van der Waals surface area contributed by atoms with E-state index in [0.717, 1.165) is 25.2 Å². The Morgan fingerprint density at radius 2 is 1.81 bits per heavy atom. The third-order valence-corrected chi connectivity index (χ3v) is 6.09. The maximum absolute atomic E-state index is 12.9. The van der Waals surface area contributed by atoms with Gasteiger partial charge in [-0.2, -0.15) is 0 Å². The van der Waals surface area contributed by atoms with Crippen LogP contribution in [0.4, 0.5) is 0 Å². The summed E-state index contributed by atoms with van der Waals surface area (Å²) in [5.41, 5.74) is 1.59. The van der Waals surface area contributed by atoms with E-state index >= 15 is 0 Å². The van der Waals surface area contributed by atoms with Crippen molar-refractivity contribution in [2.24, 2.45) is 5.92 Å². The standard InChI is InChI=1S/C21H28N2O3S/c1-17(2)15-23-12-13-26-19(16-23)14-22-27(24,25)21-11-7-6-10-20(21)18-8-4-3-5-9-18/h3-11,17,19,22H,12-16H2,1-2H3. The first-order chi connectivity index (χ1) is 13.0. The number of hydrogen-bond donors (Lipinski definition) is 1. The zero-order valence-corrected chi connectivity index (χ0v) is 16.8. The minimum absolute atomic E-state index is 0.129. The van der Waals surface area contributed by atoms with Crippen molar-refractivity contribution in [1.82, 2.24) is 9.62 Å². The lowest BCUT2D eigenvalue weighted by molar-refractivity contribution is -0.0280. The van der Waals surface area contributed by atoms with Crippen molar-refractivity contribution in [2.75, 3.05) is 32.8 Å². The number of benzene rings is 2. The van der Waals surface area contributed by atoms with Crippen LogP contribution in [0, 0.1) is 5.92 Å². The number of rotatable bonds is 7. The highest BCUT2D eigenvalue weighted by atomic mass is 32.2. The van der Waals surface area contributed by atoms with Crippen molar-refractivity contribution in [3.63, 3.8) is 0 Å². The molecule has 1 heterocycles. The van der Waals surface area contributed by atoms with Crippen LogP contribution in [0.25, 0.3) is 11.1 Å². The van der Waals surface area contributed by atoms with Gasteiger partial charge in [-0.15, -0.1) is 0 Å². The lowest BCUT2D eigenvalue weighted by atomic mass is 10.1. The highest BCUT2D eigenvalue weighted by Crippen LogP contribution is 2.26. The van der Waals surface area contributed by atoms with Gasteiger partial charge in [0.05, 0.1) is 17.6 Å². The average Bonchev–Trinajstić information content (AvgIpc) is 2.67. The third-order valence-electron chi connectivity index (χ3n) is 4.61. The molecule has 2 aromatic carbocycles. The fourth-order valence-corrected chi connectivity index (χ4v) is 4.72.